The van der Waals surface area contributed by atoms with Gasteiger partial charge in [-0.3, -0.25) is 4.68 Å². The largest absolute Gasteiger partial charge is 0.452 e. The second kappa shape index (κ2) is 3.78. The predicted octanol–water partition coefficient (Wildman–Crippen LogP) is 2.63. The van der Waals surface area contributed by atoms with Crippen molar-refractivity contribution in [3.05, 3.63) is 33.2 Å². The van der Waals surface area contributed by atoms with Crippen LogP contribution in [0.1, 0.15) is 5.76 Å². The molecule has 0 saturated heterocycles. The fraction of sp³-hybridized carbons (Fsp3) is 0.125. The van der Waals surface area contributed by atoms with Crippen LogP contribution in [-0.2, 0) is 6.54 Å². The van der Waals surface area contributed by atoms with Gasteiger partial charge >= 0.3 is 0 Å². The molecule has 74 valence electrons. The topological polar surface area (TPSA) is 57.0 Å². The van der Waals surface area contributed by atoms with Crippen molar-refractivity contribution < 1.29 is 4.42 Å². The fourth-order valence-corrected chi connectivity index (χ4v) is 1.75. The molecule has 0 aromatic carbocycles. The Morgan fingerprint density at radius 3 is 2.71 bits per heavy atom. The van der Waals surface area contributed by atoms with Gasteiger partial charge in [-0.1, -0.05) is 0 Å². The van der Waals surface area contributed by atoms with E-state index in [0.29, 0.717) is 17.0 Å². The maximum Gasteiger partial charge on any atom is 0.169 e. The molecule has 0 unspecified atom stereocenters. The van der Waals surface area contributed by atoms with Gasteiger partial charge in [0.25, 0.3) is 0 Å². The molecule has 0 radical (unpaired) electrons. The molecule has 4 nitrogen and oxygen atoms in total. The first-order chi connectivity index (χ1) is 6.65. The first-order valence-electron chi connectivity index (χ1n) is 3.88. The zero-order chi connectivity index (χ0) is 10.1. The lowest BCUT2D eigenvalue weighted by Gasteiger charge is -1.95. The van der Waals surface area contributed by atoms with Gasteiger partial charge in [0.2, 0.25) is 0 Å². The summed E-state index contributed by atoms with van der Waals surface area (Å²) in [5.41, 5.74) is 5.58. The molecule has 2 aromatic rings. The SMILES string of the molecule is Nc1nn(Cc2ccc(Br)o2)cc1Br. The van der Waals surface area contributed by atoms with E-state index in [9.17, 15) is 0 Å². The van der Waals surface area contributed by atoms with E-state index in [1.165, 1.54) is 0 Å². The molecule has 0 aliphatic carbocycles. The Balaban J connectivity index is 2.18. The van der Waals surface area contributed by atoms with E-state index in [1.807, 2.05) is 18.3 Å². The number of rotatable bonds is 2. The van der Waals surface area contributed by atoms with Crippen molar-refractivity contribution in [2.24, 2.45) is 0 Å². The minimum Gasteiger partial charge on any atom is -0.452 e. The highest BCUT2D eigenvalue weighted by molar-refractivity contribution is 9.10. The molecular weight excluding hydrogens is 314 g/mol. The lowest BCUT2D eigenvalue weighted by atomic mass is 10.4. The van der Waals surface area contributed by atoms with Crippen LogP contribution in [-0.4, -0.2) is 9.78 Å². The highest BCUT2D eigenvalue weighted by Gasteiger charge is 2.05. The van der Waals surface area contributed by atoms with Crippen molar-refractivity contribution in [3.63, 3.8) is 0 Å². The molecule has 6 heteroatoms. The van der Waals surface area contributed by atoms with Gasteiger partial charge in [-0.25, -0.2) is 0 Å². The van der Waals surface area contributed by atoms with E-state index < -0.39 is 0 Å². The smallest absolute Gasteiger partial charge is 0.169 e. The molecule has 14 heavy (non-hydrogen) atoms. The molecule has 2 N–H and O–H groups in total. The quantitative estimate of drug-likeness (QED) is 0.925. The lowest BCUT2D eigenvalue weighted by Crippen LogP contribution is -1.99. The van der Waals surface area contributed by atoms with Gasteiger partial charge in [-0.15, -0.1) is 0 Å². The summed E-state index contributed by atoms with van der Waals surface area (Å²) in [7, 11) is 0. The van der Waals surface area contributed by atoms with Crippen molar-refractivity contribution in [2.75, 3.05) is 5.73 Å². The molecule has 0 atom stereocenters. The number of nitrogens with two attached hydrogens (primary N) is 1. The summed E-state index contributed by atoms with van der Waals surface area (Å²) in [6.45, 7) is 0.571. The minimum absolute atomic E-state index is 0.482. The number of anilines is 1. The Morgan fingerprint density at radius 1 is 1.43 bits per heavy atom. The average molecular weight is 321 g/mol. The minimum atomic E-state index is 0.482. The van der Waals surface area contributed by atoms with Crippen molar-refractivity contribution in [1.82, 2.24) is 9.78 Å². The van der Waals surface area contributed by atoms with Gasteiger partial charge in [0.05, 0.1) is 11.0 Å². The maximum atomic E-state index is 5.58. The van der Waals surface area contributed by atoms with Crippen LogP contribution in [0.3, 0.4) is 0 Å². The number of furan rings is 1. The molecule has 0 fully saturated rings. The van der Waals surface area contributed by atoms with Crippen LogP contribution < -0.4 is 5.73 Å². The Bertz CT molecular complexity index is 430. The predicted molar refractivity (Wildman–Crippen MR) is 59.8 cm³/mol. The Morgan fingerprint density at radius 2 is 2.21 bits per heavy atom. The van der Waals surface area contributed by atoms with Gasteiger partial charge in [0.1, 0.15) is 5.76 Å². The Kier molecular flexibility index (Phi) is 2.64. The van der Waals surface area contributed by atoms with Crippen molar-refractivity contribution in [1.29, 1.82) is 0 Å². The van der Waals surface area contributed by atoms with E-state index >= 15 is 0 Å². The first kappa shape index (κ1) is 9.79. The Hall–Kier alpha value is -0.750. The van der Waals surface area contributed by atoms with E-state index in [-0.39, 0.29) is 0 Å². The monoisotopic (exact) mass is 319 g/mol. The molecule has 0 aliphatic rings. The zero-order valence-electron chi connectivity index (χ0n) is 7.08. The third-order valence-corrected chi connectivity index (χ3v) is 2.73. The van der Waals surface area contributed by atoms with Gasteiger partial charge in [-0.2, -0.15) is 5.10 Å². The summed E-state index contributed by atoms with van der Waals surface area (Å²) >= 11 is 6.52. The van der Waals surface area contributed by atoms with Crippen LogP contribution >= 0.6 is 31.9 Å². The normalized spacial score (nSPS) is 10.7. The molecule has 0 spiro atoms. The number of nitrogens with zero attached hydrogens (tertiary/aromatic N) is 2. The third-order valence-electron chi connectivity index (χ3n) is 1.69. The molecule has 0 bridgehead atoms. The van der Waals surface area contributed by atoms with Gasteiger partial charge in [0, 0.05) is 6.20 Å². The molecule has 2 aromatic heterocycles. The third kappa shape index (κ3) is 2.01. The molecular formula is C8H7Br2N3O. The Labute approximate surface area is 97.3 Å². The summed E-state index contributed by atoms with van der Waals surface area (Å²) in [4.78, 5) is 0. The van der Waals surface area contributed by atoms with E-state index in [1.54, 1.807) is 4.68 Å². The number of aromatic nitrogens is 2. The van der Waals surface area contributed by atoms with Crippen LogP contribution in [0.5, 0.6) is 0 Å². The van der Waals surface area contributed by atoms with E-state index in [4.69, 9.17) is 10.2 Å². The molecule has 0 aliphatic heterocycles. The number of hydrogen-bond donors (Lipinski definition) is 1. The summed E-state index contributed by atoms with van der Waals surface area (Å²) in [6.07, 6.45) is 1.81. The number of nitrogen functional groups attached to an aromatic ring is 1. The summed E-state index contributed by atoms with van der Waals surface area (Å²) in [5.74, 6) is 1.31. The van der Waals surface area contributed by atoms with E-state index in [0.717, 1.165) is 10.2 Å². The zero-order valence-corrected chi connectivity index (χ0v) is 10.2. The molecule has 0 amide bonds. The highest BCUT2D eigenvalue weighted by atomic mass is 79.9. The van der Waals surface area contributed by atoms with Crippen molar-refractivity contribution in [3.8, 4) is 0 Å². The lowest BCUT2D eigenvalue weighted by molar-refractivity contribution is 0.463. The average Bonchev–Trinajstić information content (AvgIpc) is 2.62. The van der Waals surface area contributed by atoms with Crippen LogP contribution in [0.15, 0.2) is 31.9 Å². The first-order valence-corrected chi connectivity index (χ1v) is 5.46. The second-order valence-electron chi connectivity index (χ2n) is 2.77. The molecule has 2 rings (SSSR count). The van der Waals surface area contributed by atoms with Crippen LogP contribution in [0.4, 0.5) is 5.82 Å². The fourth-order valence-electron chi connectivity index (χ4n) is 1.09. The second-order valence-corrected chi connectivity index (χ2v) is 4.40. The van der Waals surface area contributed by atoms with Gasteiger partial charge in [0.15, 0.2) is 10.5 Å². The van der Waals surface area contributed by atoms with Crippen LogP contribution in [0.2, 0.25) is 0 Å². The number of halogens is 2. The molecule has 2 heterocycles. The van der Waals surface area contributed by atoms with Gasteiger partial charge in [-0.05, 0) is 44.0 Å². The van der Waals surface area contributed by atoms with Crippen molar-refractivity contribution in [2.45, 2.75) is 6.54 Å². The summed E-state index contributed by atoms with van der Waals surface area (Å²) < 4.78 is 8.56. The van der Waals surface area contributed by atoms with Crippen LogP contribution in [0.25, 0.3) is 0 Å². The van der Waals surface area contributed by atoms with E-state index in [2.05, 4.69) is 37.0 Å². The highest BCUT2D eigenvalue weighted by Crippen LogP contribution is 2.19. The maximum absolute atomic E-state index is 5.58. The summed E-state index contributed by atoms with van der Waals surface area (Å²) in [5, 5.41) is 4.09. The standard InChI is InChI=1S/C8H7Br2N3O/c9-6-4-13(12-8(6)11)3-5-1-2-7(10)14-5/h1-2,4H,3H2,(H2,11,12). The van der Waals surface area contributed by atoms with Gasteiger partial charge < -0.3 is 10.2 Å². The van der Waals surface area contributed by atoms with Crippen molar-refractivity contribution >= 4 is 37.7 Å². The summed E-state index contributed by atoms with van der Waals surface area (Å²) in [6, 6.07) is 3.73. The molecule has 0 saturated carbocycles. The number of hydrogen-bond acceptors (Lipinski definition) is 3. The van der Waals surface area contributed by atoms with Crippen LogP contribution in [0, 0.1) is 0 Å².